The van der Waals surface area contributed by atoms with Gasteiger partial charge in [-0.05, 0) is 13.8 Å². The van der Waals surface area contributed by atoms with Gasteiger partial charge in [-0.3, -0.25) is 4.79 Å². The topological polar surface area (TPSA) is 17.1 Å². The van der Waals surface area contributed by atoms with E-state index in [1.807, 2.05) is 33.0 Å². The van der Waals surface area contributed by atoms with E-state index in [-0.39, 0.29) is 5.78 Å². The fourth-order valence-electron chi connectivity index (χ4n) is 0.960. The molecule has 0 aliphatic carbocycles. The molecule has 0 N–H and O–H groups in total. The van der Waals surface area contributed by atoms with E-state index in [0.29, 0.717) is 0 Å². The van der Waals surface area contributed by atoms with E-state index in [4.69, 9.17) is 0 Å². The third kappa shape index (κ3) is 1.70. The van der Waals surface area contributed by atoms with E-state index < -0.39 is 0 Å². The van der Waals surface area contributed by atoms with Crippen LogP contribution in [0.5, 0.6) is 0 Å². The van der Waals surface area contributed by atoms with Gasteiger partial charge in [0.2, 0.25) is 0 Å². The fourth-order valence-corrected chi connectivity index (χ4v) is 0.960. The molecule has 0 spiro atoms. The smallest absolute Gasteiger partial charge is 0.159 e. The van der Waals surface area contributed by atoms with E-state index in [9.17, 15) is 4.79 Å². The van der Waals surface area contributed by atoms with Gasteiger partial charge < -0.3 is 0 Å². The van der Waals surface area contributed by atoms with E-state index in [0.717, 1.165) is 5.56 Å². The van der Waals surface area contributed by atoms with Crippen molar-refractivity contribution in [3.05, 3.63) is 29.3 Å². The van der Waals surface area contributed by atoms with Crippen LogP contribution in [0.1, 0.15) is 22.8 Å². The minimum Gasteiger partial charge on any atom is -0.295 e. The molecule has 1 nitrogen and oxygen atoms in total. The SMILES string of the molecule is Bc1cc(C(C)=O)ccc1C. The van der Waals surface area contributed by atoms with Crippen LogP contribution in [0, 0.1) is 6.92 Å². The lowest BCUT2D eigenvalue weighted by Crippen LogP contribution is -2.09. The van der Waals surface area contributed by atoms with Gasteiger partial charge in [-0.25, -0.2) is 0 Å². The predicted molar refractivity (Wildman–Crippen MR) is 49.4 cm³/mol. The molecule has 0 saturated heterocycles. The summed E-state index contributed by atoms with van der Waals surface area (Å²) in [4.78, 5) is 10.9. The summed E-state index contributed by atoms with van der Waals surface area (Å²) in [5, 5.41) is 0. The van der Waals surface area contributed by atoms with Crippen molar-refractivity contribution in [3.63, 3.8) is 0 Å². The number of hydrogen-bond acceptors (Lipinski definition) is 1. The number of carbonyl (C=O) groups is 1. The minimum atomic E-state index is 0.133. The molecule has 0 amide bonds. The van der Waals surface area contributed by atoms with Gasteiger partial charge in [-0.2, -0.15) is 0 Å². The highest BCUT2D eigenvalue weighted by molar-refractivity contribution is 6.33. The zero-order valence-electron chi connectivity index (χ0n) is 7.14. The first-order valence-electron chi connectivity index (χ1n) is 3.69. The molecule has 1 rings (SSSR count). The Hall–Kier alpha value is -1.05. The zero-order valence-corrected chi connectivity index (χ0v) is 7.14. The molecule has 1 aromatic carbocycles. The Morgan fingerprint density at radius 3 is 2.55 bits per heavy atom. The van der Waals surface area contributed by atoms with Crippen molar-refractivity contribution in [2.24, 2.45) is 0 Å². The molecule has 0 radical (unpaired) electrons. The number of Topliss-reactive ketones (excluding diaryl/α,β-unsaturated/α-hetero) is 1. The van der Waals surface area contributed by atoms with Crippen LogP contribution in [0.4, 0.5) is 0 Å². The third-order valence-electron chi connectivity index (χ3n) is 1.91. The van der Waals surface area contributed by atoms with Crippen molar-refractivity contribution in [2.45, 2.75) is 13.8 Å². The highest BCUT2D eigenvalue weighted by Crippen LogP contribution is 2.00. The molecular weight excluding hydrogens is 135 g/mol. The summed E-state index contributed by atoms with van der Waals surface area (Å²) in [6, 6.07) is 5.77. The third-order valence-corrected chi connectivity index (χ3v) is 1.91. The average molecular weight is 146 g/mol. The van der Waals surface area contributed by atoms with Crippen LogP contribution in [0.2, 0.25) is 0 Å². The van der Waals surface area contributed by atoms with Crippen LogP contribution in [0.3, 0.4) is 0 Å². The largest absolute Gasteiger partial charge is 0.295 e. The molecule has 0 heterocycles. The molecule has 0 aromatic heterocycles. The van der Waals surface area contributed by atoms with E-state index in [1.165, 1.54) is 11.0 Å². The van der Waals surface area contributed by atoms with Crippen LogP contribution in [-0.4, -0.2) is 13.6 Å². The summed E-state index contributed by atoms with van der Waals surface area (Å²) in [6.07, 6.45) is 0. The highest BCUT2D eigenvalue weighted by atomic mass is 16.1. The van der Waals surface area contributed by atoms with Crippen molar-refractivity contribution in [1.82, 2.24) is 0 Å². The maximum atomic E-state index is 10.9. The normalized spacial score (nSPS) is 9.64. The van der Waals surface area contributed by atoms with Crippen molar-refractivity contribution in [3.8, 4) is 0 Å². The number of carbonyl (C=O) groups excluding carboxylic acids is 1. The Kier molecular flexibility index (Phi) is 2.13. The summed E-state index contributed by atoms with van der Waals surface area (Å²) in [5.41, 5.74) is 3.21. The molecule has 2 heteroatoms. The van der Waals surface area contributed by atoms with Crippen molar-refractivity contribution < 1.29 is 4.79 Å². The van der Waals surface area contributed by atoms with E-state index in [1.54, 1.807) is 6.92 Å². The minimum absolute atomic E-state index is 0.133. The Labute approximate surface area is 67.8 Å². The second-order valence-corrected chi connectivity index (χ2v) is 2.86. The van der Waals surface area contributed by atoms with Crippen molar-refractivity contribution in [1.29, 1.82) is 0 Å². The summed E-state index contributed by atoms with van der Waals surface area (Å²) >= 11 is 0. The van der Waals surface area contributed by atoms with Crippen LogP contribution >= 0.6 is 0 Å². The lowest BCUT2D eigenvalue weighted by molar-refractivity contribution is 0.101. The Balaban J connectivity index is 3.15. The second kappa shape index (κ2) is 2.91. The van der Waals surface area contributed by atoms with Gasteiger partial charge >= 0.3 is 0 Å². The number of aryl methyl sites for hydroxylation is 1. The second-order valence-electron chi connectivity index (χ2n) is 2.86. The molecule has 0 saturated carbocycles. The van der Waals surface area contributed by atoms with E-state index >= 15 is 0 Å². The molecule has 1 aromatic rings. The molecule has 0 aliphatic heterocycles. The van der Waals surface area contributed by atoms with Gasteiger partial charge in [-0.1, -0.05) is 29.2 Å². The molecule has 0 bridgehead atoms. The van der Waals surface area contributed by atoms with Gasteiger partial charge in [0.05, 0.1) is 0 Å². The fraction of sp³-hybridized carbons (Fsp3) is 0.222. The molecule has 0 fully saturated rings. The first-order valence-corrected chi connectivity index (χ1v) is 3.69. The Morgan fingerprint density at radius 1 is 1.45 bits per heavy atom. The summed E-state index contributed by atoms with van der Waals surface area (Å²) in [5.74, 6) is 0.133. The molecule has 56 valence electrons. The van der Waals surface area contributed by atoms with E-state index in [2.05, 4.69) is 0 Å². The summed E-state index contributed by atoms with van der Waals surface area (Å²) in [6.45, 7) is 3.63. The zero-order chi connectivity index (χ0) is 8.43. The van der Waals surface area contributed by atoms with Crippen LogP contribution in [0.15, 0.2) is 18.2 Å². The maximum absolute atomic E-state index is 10.9. The number of hydrogen-bond donors (Lipinski definition) is 0. The first-order chi connectivity index (χ1) is 5.11. The van der Waals surface area contributed by atoms with Crippen molar-refractivity contribution in [2.75, 3.05) is 0 Å². The van der Waals surface area contributed by atoms with Crippen LogP contribution < -0.4 is 5.46 Å². The number of rotatable bonds is 1. The molecular formula is C9H11BO. The number of ketones is 1. The van der Waals surface area contributed by atoms with Gasteiger partial charge in [0.1, 0.15) is 7.85 Å². The van der Waals surface area contributed by atoms with Gasteiger partial charge in [-0.15, -0.1) is 0 Å². The molecule has 0 aliphatic rings. The highest BCUT2D eigenvalue weighted by Gasteiger charge is 1.99. The molecule has 0 atom stereocenters. The summed E-state index contributed by atoms with van der Waals surface area (Å²) < 4.78 is 0. The lowest BCUT2D eigenvalue weighted by atomic mass is 9.89. The van der Waals surface area contributed by atoms with Crippen LogP contribution in [-0.2, 0) is 0 Å². The molecule has 0 unspecified atom stereocenters. The Bertz CT molecular complexity index is 292. The van der Waals surface area contributed by atoms with Gasteiger partial charge in [0, 0.05) is 5.56 Å². The van der Waals surface area contributed by atoms with Gasteiger partial charge in [0.15, 0.2) is 5.78 Å². The average Bonchev–Trinajstić information content (AvgIpc) is 1.94. The standard InChI is InChI=1S/C9H11BO/c1-6-3-4-8(7(2)11)5-9(6)10/h3-5H,10H2,1-2H3. The number of benzene rings is 1. The van der Waals surface area contributed by atoms with Crippen LogP contribution in [0.25, 0.3) is 0 Å². The first kappa shape index (κ1) is 8.06. The lowest BCUT2D eigenvalue weighted by Gasteiger charge is -2.00. The predicted octanol–water partition coefficient (Wildman–Crippen LogP) is 0.456. The van der Waals surface area contributed by atoms with Gasteiger partial charge in [0.25, 0.3) is 0 Å². The quantitative estimate of drug-likeness (QED) is 0.415. The maximum Gasteiger partial charge on any atom is 0.159 e. The Morgan fingerprint density at radius 2 is 2.09 bits per heavy atom. The molecule has 11 heavy (non-hydrogen) atoms. The van der Waals surface area contributed by atoms with Crippen molar-refractivity contribution >= 4 is 19.1 Å². The summed E-state index contributed by atoms with van der Waals surface area (Å²) in [7, 11) is 2.02. The monoisotopic (exact) mass is 146 g/mol.